The first-order valence-electron chi connectivity index (χ1n) is 8.34. The summed E-state index contributed by atoms with van der Waals surface area (Å²) < 4.78 is 5.24. The Kier molecular flexibility index (Phi) is 5.59. The number of para-hydroxylation sites is 2. The number of rotatable bonds is 6. The minimum absolute atomic E-state index is 0.0414. The van der Waals surface area contributed by atoms with Gasteiger partial charge in [-0.25, -0.2) is 4.99 Å². The summed E-state index contributed by atoms with van der Waals surface area (Å²) in [6, 6.07) is 7.17. The standard InChI is InChI=1S/C18H25N3O3/c1-5-9-12(3)18(6-2)15(22)20-17(21-16(18)23)19-13-10-7-8-11-14(13)24-4/h7-8,10-12H,5-6,9H2,1-4H3,(H2,19,20,21,22,23)/t12-/m1/s1. The third kappa shape index (κ3) is 3.13. The number of methoxy groups -OCH3 is 1. The molecule has 1 atom stereocenters. The van der Waals surface area contributed by atoms with Gasteiger partial charge >= 0.3 is 0 Å². The SMILES string of the molecule is CCC[C@@H](C)C1(CC)C(=O)NC(=Nc2ccccc2OC)NC1=O. The van der Waals surface area contributed by atoms with Gasteiger partial charge in [-0.2, -0.15) is 0 Å². The van der Waals surface area contributed by atoms with E-state index in [1.165, 1.54) is 0 Å². The Bertz CT molecular complexity index is 635. The highest BCUT2D eigenvalue weighted by Crippen LogP contribution is 2.37. The maximum Gasteiger partial charge on any atom is 0.242 e. The predicted molar refractivity (Wildman–Crippen MR) is 93.2 cm³/mol. The van der Waals surface area contributed by atoms with Crippen LogP contribution in [0.3, 0.4) is 0 Å². The molecule has 1 saturated heterocycles. The highest BCUT2D eigenvalue weighted by Gasteiger charge is 2.51. The van der Waals surface area contributed by atoms with Crippen molar-refractivity contribution >= 4 is 23.5 Å². The smallest absolute Gasteiger partial charge is 0.242 e. The number of carbonyl (C=O) groups is 2. The van der Waals surface area contributed by atoms with Crippen molar-refractivity contribution < 1.29 is 14.3 Å². The van der Waals surface area contributed by atoms with Crippen LogP contribution in [-0.2, 0) is 9.59 Å². The fourth-order valence-corrected chi connectivity index (χ4v) is 3.27. The quantitative estimate of drug-likeness (QED) is 0.787. The third-order valence-electron chi connectivity index (χ3n) is 4.71. The Morgan fingerprint density at radius 2 is 1.79 bits per heavy atom. The van der Waals surface area contributed by atoms with Crippen molar-refractivity contribution in [2.45, 2.75) is 40.0 Å². The number of nitrogens with one attached hydrogen (secondary N) is 2. The molecule has 6 heteroatoms. The van der Waals surface area contributed by atoms with Gasteiger partial charge in [0.25, 0.3) is 0 Å². The van der Waals surface area contributed by atoms with E-state index in [-0.39, 0.29) is 23.7 Å². The maximum atomic E-state index is 12.7. The molecule has 0 aliphatic carbocycles. The molecule has 0 bridgehead atoms. The number of hydrogen-bond acceptors (Lipinski definition) is 4. The molecule has 1 fully saturated rings. The van der Waals surface area contributed by atoms with Gasteiger partial charge in [0.05, 0.1) is 7.11 Å². The Labute approximate surface area is 142 Å². The molecule has 2 rings (SSSR count). The van der Waals surface area contributed by atoms with Gasteiger partial charge in [0.2, 0.25) is 17.8 Å². The molecule has 1 aliphatic rings. The van der Waals surface area contributed by atoms with Gasteiger partial charge in [-0.1, -0.05) is 39.3 Å². The van der Waals surface area contributed by atoms with Crippen molar-refractivity contribution in [1.29, 1.82) is 0 Å². The van der Waals surface area contributed by atoms with Gasteiger partial charge < -0.3 is 4.74 Å². The zero-order valence-corrected chi connectivity index (χ0v) is 14.7. The van der Waals surface area contributed by atoms with Gasteiger partial charge in [0.15, 0.2) is 0 Å². The van der Waals surface area contributed by atoms with E-state index >= 15 is 0 Å². The molecular weight excluding hydrogens is 306 g/mol. The number of amides is 2. The summed E-state index contributed by atoms with van der Waals surface area (Å²) in [4.78, 5) is 29.8. The first kappa shape index (κ1) is 18.0. The number of guanidine groups is 1. The molecule has 0 saturated carbocycles. The van der Waals surface area contributed by atoms with Gasteiger partial charge in [0, 0.05) is 0 Å². The van der Waals surface area contributed by atoms with Crippen LogP contribution in [0.2, 0.25) is 0 Å². The fraction of sp³-hybridized carbons (Fsp3) is 0.500. The van der Waals surface area contributed by atoms with E-state index < -0.39 is 5.41 Å². The summed E-state index contributed by atoms with van der Waals surface area (Å²) >= 11 is 0. The second-order valence-corrected chi connectivity index (χ2v) is 6.06. The molecule has 1 heterocycles. The average Bonchev–Trinajstić information content (AvgIpc) is 2.56. The fourth-order valence-electron chi connectivity index (χ4n) is 3.27. The van der Waals surface area contributed by atoms with Crippen LogP contribution in [0.1, 0.15) is 40.0 Å². The van der Waals surface area contributed by atoms with Crippen LogP contribution < -0.4 is 15.4 Å². The molecule has 2 N–H and O–H groups in total. The van der Waals surface area contributed by atoms with Crippen molar-refractivity contribution in [2.24, 2.45) is 16.3 Å². The number of nitrogens with zero attached hydrogens (tertiary/aromatic N) is 1. The van der Waals surface area contributed by atoms with E-state index in [2.05, 4.69) is 15.6 Å². The lowest BCUT2D eigenvalue weighted by atomic mass is 9.70. The van der Waals surface area contributed by atoms with Crippen LogP contribution in [0, 0.1) is 11.3 Å². The predicted octanol–water partition coefficient (Wildman–Crippen LogP) is 2.76. The molecule has 130 valence electrons. The minimum Gasteiger partial charge on any atom is -0.494 e. The monoisotopic (exact) mass is 331 g/mol. The van der Waals surface area contributed by atoms with E-state index in [1.54, 1.807) is 19.2 Å². The van der Waals surface area contributed by atoms with Crippen molar-refractivity contribution in [3.05, 3.63) is 24.3 Å². The maximum absolute atomic E-state index is 12.7. The first-order chi connectivity index (χ1) is 11.5. The summed E-state index contributed by atoms with van der Waals surface area (Å²) in [6.45, 7) is 5.87. The van der Waals surface area contributed by atoms with Gasteiger partial charge in [-0.05, 0) is 30.9 Å². The van der Waals surface area contributed by atoms with Crippen LogP contribution in [0.4, 0.5) is 5.69 Å². The Morgan fingerprint density at radius 3 is 2.33 bits per heavy atom. The molecule has 1 aliphatic heterocycles. The van der Waals surface area contributed by atoms with Crippen LogP contribution in [0.5, 0.6) is 5.75 Å². The minimum atomic E-state index is -1.05. The van der Waals surface area contributed by atoms with Crippen molar-refractivity contribution in [3.63, 3.8) is 0 Å². The van der Waals surface area contributed by atoms with E-state index in [0.717, 1.165) is 12.8 Å². The first-order valence-corrected chi connectivity index (χ1v) is 8.34. The average molecular weight is 331 g/mol. The highest BCUT2D eigenvalue weighted by molar-refractivity contribution is 6.21. The lowest BCUT2D eigenvalue weighted by molar-refractivity contribution is -0.147. The molecular formula is C18H25N3O3. The van der Waals surface area contributed by atoms with Crippen molar-refractivity contribution in [1.82, 2.24) is 10.6 Å². The van der Waals surface area contributed by atoms with Crippen LogP contribution >= 0.6 is 0 Å². The summed E-state index contributed by atoms with van der Waals surface area (Å²) in [5.74, 6) is 0.0921. The number of hydrogen-bond donors (Lipinski definition) is 2. The van der Waals surface area contributed by atoms with Crippen LogP contribution in [-0.4, -0.2) is 24.9 Å². The summed E-state index contributed by atoms with van der Waals surface area (Å²) in [5.41, 5.74) is -0.503. The molecule has 24 heavy (non-hydrogen) atoms. The number of ether oxygens (including phenoxy) is 1. The van der Waals surface area contributed by atoms with E-state index in [1.807, 2.05) is 32.9 Å². The molecule has 1 aromatic carbocycles. The Balaban J connectivity index is 2.31. The molecule has 0 spiro atoms. The van der Waals surface area contributed by atoms with Crippen LogP contribution in [0.25, 0.3) is 0 Å². The Morgan fingerprint density at radius 1 is 1.17 bits per heavy atom. The zero-order valence-electron chi connectivity index (χ0n) is 14.7. The summed E-state index contributed by atoms with van der Waals surface area (Å²) in [5, 5.41) is 5.50. The van der Waals surface area contributed by atoms with Crippen molar-refractivity contribution in [3.8, 4) is 5.75 Å². The number of carbonyl (C=O) groups excluding carboxylic acids is 2. The zero-order chi connectivity index (χ0) is 17.7. The van der Waals surface area contributed by atoms with E-state index in [0.29, 0.717) is 17.9 Å². The largest absolute Gasteiger partial charge is 0.494 e. The normalized spacial score (nSPS) is 21.8. The molecule has 0 radical (unpaired) electrons. The highest BCUT2D eigenvalue weighted by atomic mass is 16.5. The Hall–Kier alpha value is -2.37. The third-order valence-corrected chi connectivity index (χ3v) is 4.71. The number of aliphatic imine (C=N–C) groups is 1. The van der Waals surface area contributed by atoms with Crippen molar-refractivity contribution in [2.75, 3.05) is 7.11 Å². The summed E-state index contributed by atoms with van der Waals surface area (Å²) in [7, 11) is 1.55. The lowest BCUT2D eigenvalue weighted by Crippen LogP contribution is -2.64. The van der Waals surface area contributed by atoms with E-state index in [9.17, 15) is 9.59 Å². The van der Waals surface area contributed by atoms with Gasteiger partial charge in [-0.15, -0.1) is 0 Å². The number of benzene rings is 1. The van der Waals surface area contributed by atoms with Gasteiger partial charge in [-0.3, -0.25) is 20.2 Å². The molecule has 6 nitrogen and oxygen atoms in total. The topological polar surface area (TPSA) is 79.8 Å². The van der Waals surface area contributed by atoms with Crippen LogP contribution in [0.15, 0.2) is 29.3 Å². The molecule has 2 amide bonds. The molecule has 0 unspecified atom stereocenters. The molecule has 0 aromatic heterocycles. The lowest BCUT2D eigenvalue weighted by Gasteiger charge is -2.39. The summed E-state index contributed by atoms with van der Waals surface area (Å²) in [6.07, 6.45) is 2.19. The molecule has 1 aromatic rings. The second kappa shape index (κ2) is 7.47. The van der Waals surface area contributed by atoms with Gasteiger partial charge in [0.1, 0.15) is 16.9 Å². The second-order valence-electron chi connectivity index (χ2n) is 6.06. The van der Waals surface area contributed by atoms with E-state index in [4.69, 9.17) is 4.74 Å².